The van der Waals surface area contributed by atoms with E-state index in [0.717, 1.165) is 17.8 Å². The SMILES string of the molecule is CC(C)CCNC(=O)C1CSCN1C(=O)c1ccc(C(=O)O)s1. The summed E-state index contributed by atoms with van der Waals surface area (Å²) in [5, 5.41) is 11.8. The molecule has 126 valence electrons. The highest BCUT2D eigenvalue weighted by atomic mass is 32.2. The number of nitrogens with zero attached hydrogens (tertiary/aromatic N) is 1. The first-order valence-electron chi connectivity index (χ1n) is 7.39. The van der Waals surface area contributed by atoms with Crippen LogP contribution >= 0.6 is 23.1 Å². The Kier molecular flexibility index (Phi) is 6.06. The van der Waals surface area contributed by atoms with Crippen LogP contribution in [0.3, 0.4) is 0 Å². The van der Waals surface area contributed by atoms with Crippen molar-refractivity contribution in [1.82, 2.24) is 10.2 Å². The van der Waals surface area contributed by atoms with E-state index in [1.165, 1.54) is 28.8 Å². The lowest BCUT2D eigenvalue weighted by molar-refractivity contribution is -0.124. The van der Waals surface area contributed by atoms with Crippen LogP contribution in [0, 0.1) is 5.92 Å². The molecule has 0 spiro atoms. The summed E-state index contributed by atoms with van der Waals surface area (Å²) in [6, 6.07) is 2.43. The van der Waals surface area contributed by atoms with Gasteiger partial charge in [-0.05, 0) is 24.5 Å². The Labute approximate surface area is 143 Å². The minimum atomic E-state index is -1.05. The van der Waals surface area contributed by atoms with Gasteiger partial charge in [-0.1, -0.05) is 13.8 Å². The lowest BCUT2D eigenvalue weighted by Gasteiger charge is -2.22. The average Bonchev–Trinajstić information content (AvgIpc) is 3.15. The van der Waals surface area contributed by atoms with Gasteiger partial charge >= 0.3 is 5.97 Å². The number of carboxylic acid groups (broad SMARTS) is 1. The molecule has 0 saturated carbocycles. The predicted molar refractivity (Wildman–Crippen MR) is 91.0 cm³/mol. The Morgan fingerprint density at radius 3 is 2.65 bits per heavy atom. The first-order valence-corrected chi connectivity index (χ1v) is 9.36. The van der Waals surface area contributed by atoms with E-state index in [1.54, 1.807) is 0 Å². The Hall–Kier alpha value is -1.54. The summed E-state index contributed by atoms with van der Waals surface area (Å²) in [4.78, 5) is 37.7. The number of nitrogens with one attached hydrogen (secondary N) is 1. The molecule has 0 bridgehead atoms. The third-order valence-corrected chi connectivity index (χ3v) is 5.57. The number of carboxylic acids is 1. The molecule has 1 unspecified atom stereocenters. The van der Waals surface area contributed by atoms with Crippen molar-refractivity contribution in [1.29, 1.82) is 0 Å². The number of thiophene rings is 1. The molecule has 8 heteroatoms. The lowest BCUT2D eigenvalue weighted by atomic mass is 10.1. The number of carbonyl (C=O) groups is 3. The van der Waals surface area contributed by atoms with E-state index in [-0.39, 0.29) is 16.7 Å². The van der Waals surface area contributed by atoms with Crippen LogP contribution in [-0.4, -0.2) is 52.0 Å². The third kappa shape index (κ3) is 4.48. The van der Waals surface area contributed by atoms with Crippen molar-refractivity contribution in [3.8, 4) is 0 Å². The Balaban J connectivity index is 2.00. The molecule has 2 amide bonds. The summed E-state index contributed by atoms with van der Waals surface area (Å²) in [5.41, 5.74) is 0. The number of aromatic carboxylic acids is 1. The molecule has 2 N–H and O–H groups in total. The van der Waals surface area contributed by atoms with Gasteiger partial charge < -0.3 is 15.3 Å². The van der Waals surface area contributed by atoms with Gasteiger partial charge in [0.05, 0.1) is 10.8 Å². The van der Waals surface area contributed by atoms with Crippen molar-refractivity contribution in [3.05, 3.63) is 21.9 Å². The molecule has 2 heterocycles. The molecular weight excluding hydrogens is 336 g/mol. The number of carbonyl (C=O) groups excluding carboxylic acids is 2. The highest BCUT2D eigenvalue weighted by Crippen LogP contribution is 2.26. The largest absolute Gasteiger partial charge is 0.477 e. The molecule has 0 aliphatic carbocycles. The molecule has 1 aromatic heterocycles. The number of hydrogen-bond donors (Lipinski definition) is 2. The second-order valence-corrected chi connectivity index (χ2v) is 7.82. The van der Waals surface area contributed by atoms with Crippen LogP contribution in [0.1, 0.15) is 39.6 Å². The number of hydrogen-bond acceptors (Lipinski definition) is 5. The quantitative estimate of drug-likeness (QED) is 0.815. The van der Waals surface area contributed by atoms with Crippen LogP contribution in [0.2, 0.25) is 0 Å². The van der Waals surface area contributed by atoms with Gasteiger partial charge in [0.1, 0.15) is 10.9 Å². The van der Waals surface area contributed by atoms with Gasteiger partial charge in [0, 0.05) is 12.3 Å². The summed E-state index contributed by atoms with van der Waals surface area (Å²) in [5.74, 6) is 0.0487. The second kappa shape index (κ2) is 7.83. The monoisotopic (exact) mass is 356 g/mol. The zero-order valence-electron chi connectivity index (χ0n) is 13.1. The highest BCUT2D eigenvalue weighted by molar-refractivity contribution is 7.99. The van der Waals surface area contributed by atoms with Crippen molar-refractivity contribution < 1.29 is 19.5 Å². The zero-order chi connectivity index (χ0) is 17.0. The van der Waals surface area contributed by atoms with Gasteiger partial charge in [0.2, 0.25) is 5.91 Å². The summed E-state index contributed by atoms with van der Waals surface area (Å²) >= 11 is 2.47. The smallest absolute Gasteiger partial charge is 0.345 e. The van der Waals surface area contributed by atoms with Crippen LogP contribution in [0.5, 0.6) is 0 Å². The molecule has 1 aliphatic rings. The van der Waals surface area contributed by atoms with Crippen LogP contribution in [0.4, 0.5) is 0 Å². The first-order chi connectivity index (χ1) is 10.9. The maximum absolute atomic E-state index is 12.5. The normalized spacial score (nSPS) is 17.5. The molecule has 23 heavy (non-hydrogen) atoms. The molecule has 1 aliphatic heterocycles. The van der Waals surface area contributed by atoms with E-state index >= 15 is 0 Å². The molecule has 1 saturated heterocycles. The van der Waals surface area contributed by atoms with Gasteiger partial charge in [-0.3, -0.25) is 9.59 Å². The maximum atomic E-state index is 12.5. The van der Waals surface area contributed by atoms with Crippen molar-refractivity contribution in [2.45, 2.75) is 26.3 Å². The zero-order valence-corrected chi connectivity index (χ0v) is 14.7. The van der Waals surface area contributed by atoms with Crippen LogP contribution in [-0.2, 0) is 4.79 Å². The standard InChI is InChI=1S/C15H20N2O4S2/c1-9(2)5-6-16-13(18)10-7-22-8-17(10)14(19)11-3-4-12(23-11)15(20)21/h3-4,9-10H,5-8H2,1-2H3,(H,16,18)(H,20,21). The minimum absolute atomic E-state index is 0.123. The van der Waals surface area contributed by atoms with Gasteiger partial charge in [0.25, 0.3) is 5.91 Å². The molecule has 6 nitrogen and oxygen atoms in total. The summed E-state index contributed by atoms with van der Waals surface area (Å²) in [6.07, 6.45) is 0.895. The van der Waals surface area contributed by atoms with E-state index in [2.05, 4.69) is 19.2 Å². The summed E-state index contributed by atoms with van der Waals surface area (Å²) in [6.45, 7) is 4.77. The Bertz CT molecular complexity index is 600. The average molecular weight is 356 g/mol. The molecule has 1 aromatic rings. The van der Waals surface area contributed by atoms with E-state index in [0.29, 0.717) is 29.0 Å². The molecule has 1 fully saturated rings. The van der Waals surface area contributed by atoms with E-state index < -0.39 is 12.0 Å². The van der Waals surface area contributed by atoms with Gasteiger partial charge in [-0.15, -0.1) is 23.1 Å². The van der Waals surface area contributed by atoms with Crippen molar-refractivity contribution in [3.63, 3.8) is 0 Å². The van der Waals surface area contributed by atoms with Gasteiger partial charge in [-0.2, -0.15) is 0 Å². The number of amides is 2. The van der Waals surface area contributed by atoms with E-state index in [1.807, 2.05) is 0 Å². The van der Waals surface area contributed by atoms with Gasteiger partial charge in [-0.25, -0.2) is 4.79 Å². The fourth-order valence-corrected chi connectivity index (χ4v) is 4.13. The van der Waals surface area contributed by atoms with E-state index in [9.17, 15) is 14.4 Å². The summed E-state index contributed by atoms with van der Waals surface area (Å²) < 4.78 is 0. The third-order valence-electron chi connectivity index (χ3n) is 3.49. The molecule has 0 radical (unpaired) electrons. The van der Waals surface area contributed by atoms with Crippen LogP contribution in [0.15, 0.2) is 12.1 Å². The van der Waals surface area contributed by atoms with E-state index in [4.69, 9.17) is 5.11 Å². The lowest BCUT2D eigenvalue weighted by Crippen LogP contribution is -2.47. The first kappa shape index (κ1) is 17.8. The Morgan fingerprint density at radius 1 is 1.35 bits per heavy atom. The number of thioether (sulfide) groups is 1. The topological polar surface area (TPSA) is 86.7 Å². The van der Waals surface area contributed by atoms with Crippen LogP contribution < -0.4 is 5.32 Å². The molecule has 2 rings (SSSR count). The van der Waals surface area contributed by atoms with Crippen LogP contribution in [0.25, 0.3) is 0 Å². The van der Waals surface area contributed by atoms with Crippen molar-refractivity contribution in [2.75, 3.05) is 18.2 Å². The fraction of sp³-hybridized carbons (Fsp3) is 0.533. The number of rotatable bonds is 6. The van der Waals surface area contributed by atoms with Crippen molar-refractivity contribution in [2.24, 2.45) is 5.92 Å². The molecule has 1 atom stereocenters. The summed E-state index contributed by atoms with van der Waals surface area (Å²) in [7, 11) is 0. The minimum Gasteiger partial charge on any atom is -0.477 e. The predicted octanol–water partition coefficient (Wildman–Crippen LogP) is 2.12. The maximum Gasteiger partial charge on any atom is 0.345 e. The Morgan fingerprint density at radius 2 is 2.04 bits per heavy atom. The van der Waals surface area contributed by atoms with Gasteiger partial charge in [0.15, 0.2) is 0 Å². The molecule has 0 aromatic carbocycles. The molecular formula is C15H20N2O4S2. The van der Waals surface area contributed by atoms with Crippen molar-refractivity contribution >= 4 is 40.9 Å². The second-order valence-electron chi connectivity index (χ2n) is 5.73. The fourth-order valence-electron chi connectivity index (χ4n) is 2.17. The highest BCUT2D eigenvalue weighted by Gasteiger charge is 2.35.